The molecule has 0 aliphatic heterocycles. The van der Waals surface area contributed by atoms with E-state index >= 15 is 0 Å². The molecule has 0 heterocycles. The van der Waals surface area contributed by atoms with Gasteiger partial charge in [0.1, 0.15) is 0 Å². The van der Waals surface area contributed by atoms with Crippen molar-refractivity contribution in [1.29, 1.82) is 0 Å². The molecule has 2 heteroatoms. The van der Waals surface area contributed by atoms with E-state index in [1.54, 1.807) is 23.9 Å². The summed E-state index contributed by atoms with van der Waals surface area (Å²) >= 11 is 1.60. The lowest BCUT2D eigenvalue weighted by Crippen LogP contribution is -1.89. The van der Waals surface area contributed by atoms with Gasteiger partial charge in [0.05, 0.1) is 0 Å². The lowest BCUT2D eigenvalue weighted by molar-refractivity contribution is 1.45. The monoisotopic (exact) mass is 141 g/mol. The molecule has 2 N–H and O–H groups in total. The number of hydrogen-bond donors (Lipinski definition) is 1. The van der Waals surface area contributed by atoms with Crippen molar-refractivity contribution >= 4 is 11.8 Å². The molecular formula is C7H11NS. The van der Waals surface area contributed by atoms with E-state index in [1.165, 1.54) is 0 Å². The molecule has 0 aliphatic carbocycles. The molecule has 0 radical (unpaired) electrons. The van der Waals surface area contributed by atoms with Crippen molar-refractivity contribution in [2.45, 2.75) is 0 Å². The predicted octanol–water partition coefficient (Wildman–Crippen LogP) is 1.89. The van der Waals surface area contributed by atoms with E-state index in [0.29, 0.717) is 5.70 Å². The highest BCUT2D eigenvalue weighted by Gasteiger charge is 1.84. The summed E-state index contributed by atoms with van der Waals surface area (Å²) in [6.45, 7) is 7.13. The third-order valence-electron chi connectivity index (χ3n) is 0.765. The summed E-state index contributed by atoms with van der Waals surface area (Å²) < 4.78 is 0. The number of hydrogen-bond acceptors (Lipinski definition) is 2. The first-order valence-corrected chi connectivity index (χ1v) is 3.75. The molecule has 9 heavy (non-hydrogen) atoms. The molecular weight excluding hydrogens is 130 g/mol. The van der Waals surface area contributed by atoms with E-state index in [1.807, 2.05) is 6.26 Å². The molecule has 0 rings (SSSR count). The Morgan fingerprint density at radius 1 is 1.67 bits per heavy atom. The lowest BCUT2D eigenvalue weighted by atomic mass is 10.4. The Balaban J connectivity index is 4.07. The van der Waals surface area contributed by atoms with Gasteiger partial charge in [-0.05, 0) is 12.3 Å². The number of rotatable bonds is 3. The van der Waals surface area contributed by atoms with Gasteiger partial charge in [-0.25, -0.2) is 0 Å². The number of nitrogens with two attached hydrogens (primary N) is 1. The van der Waals surface area contributed by atoms with E-state index in [9.17, 15) is 0 Å². The first kappa shape index (κ1) is 8.37. The van der Waals surface area contributed by atoms with Gasteiger partial charge >= 0.3 is 0 Å². The minimum Gasteiger partial charge on any atom is -0.399 e. The fourth-order valence-corrected chi connectivity index (χ4v) is 0.820. The Bertz CT molecular complexity index is 147. The second-order valence-electron chi connectivity index (χ2n) is 1.53. The summed E-state index contributed by atoms with van der Waals surface area (Å²) in [5.74, 6) is 0. The van der Waals surface area contributed by atoms with Crippen molar-refractivity contribution < 1.29 is 0 Å². The molecule has 1 nitrogen and oxygen atoms in total. The van der Waals surface area contributed by atoms with Crippen LogP contribution in [0.15, 0.2) is 35.9 Å². The van der Waals surface area contributed by atoms with Crippen molar-refractivity contribution in [3.8, 4) is 0 Å². The maximum Gasteiger partial charge on any atom is 0.0252 e. The largest absolute Gasteiger partial charge is 0.399 e. The van der Waals surface area contributed by atoms with Crippen LogP contribution in [0.5, 0.6) is 0 Å². The molecule has 0 saturated carbocycles. The average molecular weight is 141 g/mol. The Morgan fingerprint density at radius 2 is 2.22 bits per heavy atom. The predicted molar refractivity (Wildman–Crippen MR) is 45.1 cm³/mol. The fourth-order valence-electron chi connectivity index (χ4n) is 0.384. The van der Waals surface area contributed by atoms with Crippen LogP contribution < -0.4 is 5.73 Å². The summed E-state index contributed by atoms with van der Waals surface area (Å²) in [6, 6.07) is 0. The third-order valence-corrected chi connectivity index (χ3v) is 1.52. The van der Waals surface area contributed by atoms with E-state index in [4.69, 9.17) is 5.73 Å². The van der Waals surface area contributed by atoms with E-state index in [-0.39, 0.29) is 0 Å². The Hall–Kier alpha value is -0.630. The topological polar surface area (TPSA) is 26.0 Å². The minimum atomic E-state index is 0.569. The van der Waals surface area contributed by atoms with Gasteiger partial charge in [-0.3, -0.25) is 0 Å². The van der Waals surface area contributed by atoms with Crippen LogP contribution in [-0.4, -0.2) is 6.26 Å². The molecule has 0 spiro atoms. The molecule has 50 valence electrons. The second kappa shape index (κ2) is 4.27. The highest BCUT2D eigenvalue weighted by atomic mass is 32.2. The zero-order valence-electron chi connectivity index (χ0n) is 5.55. The Morgan fingerprint density at radius 3 is 2.33 bits per heavy atom. The van der Waals surface area contributed by atoms with Gasteiger partial charge in [0.2, 0.25) is 0 Å². The van der Waals surface area contributed by atoms with Crippen molar-refractivity contribution in [2.24, 2.45) is 5.73 Å². The van der Waals surface area contributed by atoms with Crippen LogP contribution in [0.2, 0.25) is 0 Å². The fraction of sp³-hybridized carbons (Fsp3) is 0.143. The van der Waals surface area contributed by atoms with Gasteiger partial charge in [-0.2, -0.15) is 0 Å². The quantitative estimate of drug-likeness (QED) is 0.607. The molecule has 0 aromatic rings. The molecule has 0 aromatic heterocycles. The third kappa shape index (κ3) is 3.91. The minimum absolute atomic E-state index is 0.569. The number of thioether (sulfide) groups is 1. The van der Waals surface area contributed by atoms with Crippen molar-refractivity contribution in [3.05, 3.63) is 35.9 Å². The maximum atomic E-state index is 5.31. The van der Waals surface area contributed by atoms with Crippen molar-refractivity contribution in [3.63, 3.8) is 0 Å². The van der Waals surface area contributed by atoms with E-state index < -0.39 is 0 Å². The van der Waals surface area contributed by atoms with E-state index in [0.717, 1.165) is 4.91 Å². The molecule has 0 unspecified atom stereocenters. The summed E-state index contributed by atoms with van der Waals surface area (Å²) in [5.41, 5.74) is 5.88. The van der Waals surface area contributed by atoms with Crippen molar-refractivity contribution in [2.75, 3.05) is 6.26 Å². The van der Waals surface area contributed by atoms with Gasteiger partial charge in [0, 0.05) is 10.6 Å². The van der Waals surface area contributed by atoms with Gasteiger partial charge in [0.15, 0.2) is 0 Å². The standard InChI is InChI=1S/C7H11NS/c1-4-7(9-3)5-6(2)8/h4-5H,1-2,8H2,3H3/b7-5+. The molecule has 0 bridgehead atoms. The first-order chi connectivity index (χ1) is 4.20. The van der Waals surface area contributed by atoms with Crippen LogP contribution in [-0.2, 0) is 0 Å². The van der Waals surface area contributed by atoms with Crippen LogP contribution >= 0.6 is 11.8 Å². The normalized spacial score (nSPS) is 11.0. The zero-order valence-corrected chi connectivity index (χ0v) is 6.37. The second-order valence-corrected chi connectivity index (χ2v) is 2.41. The summed E-state index contributed by atoms with van der Waals surface area (Å²) in [5, 5.41) is 0. The molecule has 0 amide bonds. The Kier molecular flexibility index (Phi) is 3.97. The lowest BCUT2D eigenvalue weighted by Gasteiger charge is -1.93. The molecule has 0 atom stereocenters. The smallest absolute Gasteiger partial charge is 0.0252 e. The van der Waals surface area contributed by atoms with Gasteiger partial charge < -0.3 is 5.73 Å². The molecule has 0 aliphatic rings. The van der Waals surface area contributed by atoms with Gasteiger partial charge in [-0.15, -0.1) is 11.8 Å². The summed E-state index contributed by atoms with van der Waals surface area (Å²) in [4.78, 5) is 1.04. The highest BCUT2D eigenvalue weighted by Crippen LogP contribution is 2.12. The first-order valence-electron chi connectivity index (χ1n) is 2.53. The van der Waals surface area contributed by atoms with Crippen LogP contribution in [0.3, 0.4) is 0 Å². The van der Waals surface area contributed by atoms with Crippen LogP contribution in [0.1, 0.15) is 0 Å². The van der Waals surface area contributed by atoms with E-state index in [2.05, 4.69) is 13.2 Å². The Labute approximate surface area is 60.3 Å². The van der Waals surface area contributed by atoms with Crippen LogP contribution in [0.4, 0.5) is 0 Å². The SMILES string of the molecule is C=C/C(=C\C(=C)N)SC. The molecule has 0 fully saturated rings. The van der Waals surface area contributed by atoms with Gasteiger partial charge in [-0.1, -0.05) is 19.2 Å². The highest BCUT2D eigenvalue weighted by molar-refractivity contribution is 8.02. The molecule has 0 saturated heterocycles. The number of allylic oxidation sites excluding steroid dienone is 2. The maximum absolute atomic E-state index is 5.31. The van der Waals surface area contributed by atoms with Crippen LogP contribution in [0, 0.1) is 0 Å². The zero-order chi connectivity index (χ0) is 7.28. The summed E-state index contributed by atoms with van der Waals surface area (Å²) in [7, 11) is 0. The van der Waals surface area contributed by atoms with Crippen molar-refractivity contribution in [1.82, 2.24) is 0 Å². The average Bonchev–Trinajstić information content (AvgIpc) is 1.82. The van der Waals surface area contributed by atoms with Crippen LogP contribution in [0.25, 0.3) is 0 Å². The summed E-state index contributed by atoms with van der Waals surface area (Å²) in [6.07, 6.45) is 5.51. The molecule has 0 aromatic carbocycles. The van der Waals surface area contributed by atoms with Gasteiger partial charge in [0.25, 0.3) is 0 Å².